The monoisotopic (exact) mass is 391 g/mol. The number of carboxylic acids is 1. The highest BCUT2D eigenvalue weighted by Crippen LogP contribution is 2.40. The van der Waals surface area contributed by atoms with Crippen LogP contribution in [-0.4, -0.2) is 22.7 Å². The molecule has 0 saturated carbocycles. The summed E-state index contributed by atoms with van der Waals surface area (Å²) in [4.78, 5) is 24.1. The van der Waals surface area contributed by atoms with E-state index in [0.29, 0.717) is 5.56 Å². The number of hydrogen-bond donors (Lipinski definition) is 3. The van der Waals surface area contributed by atoms with Crippen LogP contribution < -0.4 is 5.32 Å². The Morgan fingerprint density at radius 1 is 1.00 bits per heavy atom. The normalized spacial score (nSPS) is 13.9. The molecule has 0 aliphatic rings. The minimum absolute atomic E-state index is 0.0463. The Hall–Kier alpha value is -2.79. The van der Waals surface area contributed by atoms with Crippen molar-refractivity contribution in [3.63, 3.8) is 0 Å². The lowest BCUT2D eigenvalue weighted by Gasteiger charge is -2.31. The second-order valence-corrected chi connectivity index (χ2v) is 7.72. The molecule has 0 bridgehead atoms. The zero-order valence-corrected chi connectivity index (χ0v) is 16.9. The van der Waals surface area contributed by atoms with Gasteiger partial charge in [-0.3, -0.25) is 4.79 Å². The number of carbonyl (C=O) groups excluding carboxylic acids is 1. The summed E-state index contributed by atoms with van der Waals surface area (Å²) in [6.07, 6.45) is 0. The Kier molecular flexibility index (Phi) is 4.23. The van der Waals surface area contributed by atoms with Crippen LogP contribution in [-0.2, 0) is 15.1 Å². The van der Waals surface area contributed by atoms with Crippen LogP contribution in [0, 0.1) is 13.8 Å². The average Bonchev–Trinajstić information content (AvgIpc) is 2.66. The van der Waals surface area contributed by atoms with Crippen molar-refractivity contribution < 1.29 is 14.7 Å². The van der Waals surface area contributed by atoms with Crippen molar-refractivity contribution in [3.8, 4) is 0 Å². The van der Waals surface area contributed by atoms with Gasteiger partial charge in [0.25, 0.3) is 0 Å². The fourth-order valence-electron chi connectivity index (χ4n) is 4.33. The molecule has 0 unspecified atom stereocenters. The molecule has 0 aromatic heterocycles. The number of hydrogen-bond acceptors (Lipinski definition) is 3. The molecule has 1 amide bonds. The van der Waals surface area contributed by atoms with Gasteiger partial charge in [0.15, 0.2) is 5.54 Å². The molecule has 0 aliphatic heterocycles. The van der Waals surface area contributed by atoms with Crippen LogP contribution in [0.4, 0.5) is 0 Å². The summed E-state index contributed by atoms with van der Waals surface area (Å²) in [5, 5.41) is 19.3. The summed E-state index contributed by atoms with van der Waals surface area (Å²) in [6.45, 7) is 5.33. The summed E-state index contributed by atoms with van der Waals surface area (Å²) in [5.74, 6) is -1.57. The number of thiol groups is 1. The molecule has 0 aliphatic carbocycles. The molecule has 28 heavy (non-hydrogen) atoms. The summed E-state index contributed by atoms with van der Waals surface area (Å²) in [5.41, 5.74) is 1.03. The third-order valence-corrected chi connectivity index (χ3v) is 6.20. The molecule has 0 fully saturated rings. The smallest absolute Gasteiger partial charge is 0.335 e. The zero-order valence-electron chi connectivity index (χ0n) is 16.0. The number of aryl methyl sites for hydroxylation is 2. The number of amides is 1. The molecule has 0 spiro atoms. The third-order valence-electron chi connectivity index (χ3n) is 5.72. The van der Waals surface area contributed by atoms with E-state index in [2.05, 4.69) is 55.2 Å². The van der Waals surface area contributed by atoms with Gasteiger partial charge >= 0.3 is 5.97 Å². The van der Waals surface area contributed by atoms with Gasteiger partial charge in [-0.05, 0) is 68.9 Å². The number of nitrogens with one attached hydrogen (secondary N) is 1. The van der Waals surface area contributed by atoms with Crippen molar-refractivity contribution in [2.45, 2.75) is 26.3 Å². The van der Waals surface area contributed by atoms with Crippen molar-refractivity contribution in [2.75, 3.05) is 5.75 Å². The fraction of sp³-hybridized carbons (Fsp3) is 0.217. The van der Waals surface area contributed by atoms with Gasteiger partial charge in [-0.2, -0.15) is 12.6 Å². The molecular formula is C23H21NO3S. The van der Waals surface area contributed by atoms with E-state index < -0.39 is 17.4 Å². The standard InChI is InChI=1S/C23H21NO3S/c1-12-4-5-15-6-7-16-10-19(23(11-28,22(26)27)24-14(3)25)13(2)18-9-8-17(12)20(15)21(16)18/h4-10,28H,11H2,1-3H3,(H,24,25)(H,26,27)/t23-/m1/s1. The van der Waals surface area contributed by atoms with Gasteiger partial charge in [-0.25, -0.2) is 4.79 Å². The van der Waals surface area contributed by atoms with Crippen LogP contribution >= 0.6 is 12.6 Å². The number of rotatable bonds is 4. The van der Waals surface area contributed by atoms with Crippen molar-refractivity contribution in [3.05, 3.63) is 59.2 Å². The van der Waals surface area contributed by atoms with E-state index in [1.807, 2.05) is 19.1 Å². The molecule has 0 saturated heterocycles. The van der Waals surface area contributed by atoms with Gasteiger partial charge in [0.05, 0.1) is 0 Å². The number of carbonyl (C=O) groups is 2. The minimum atomic E-state index is -1.58. The highest BCUT2D eigenvalue weighted by molar-refractivity contribution is 7.80. The van der Waals surface area contributed by atoms with E-state index >= 15 is 0 Å². The molecule has 5 heteroatoms. The predicted molar refractivity (Wildman–Crippen MR) is 117 cm³/mol. The van der Waals surface area contributed by atoms with Gasteiger partial charge in [0, 0.05) is 12.7 Å². The average molecular weight is 391 g/mol. The number of aliphatic carboxylic acids is 1. The van der Waals surface area contributed by atoms with Crippen molar-refractivity contribution in [1.82, 2.24) is 5.32 Å². The Bertz CT molecular complexity index is 1260. The number of carboxylic acid groups (broad SMARTS) is 1. The quantitative estimate of drug-likeness (QED) is 0.353. The highest BCUT2D eigenvalue weighted by Gasteiger charge is 2.42. The Morgan fingerprint density at radius 3 is 2.25 bits per heavy atom. The molecule has 0 heterocycles. The molecule has 4 aromatic carbocycles. The van der Waals surface area contributed by atoms with Crippen LogP contribution in [0.25, 0.3) is 32.3 Å². The summed E-state index contributed by atoms with van der Waals surface area (Å²) < 4.78 is 0. The maximum atomic E-state index is 12.3. The first-order chi connectivity index (χ1) is 13.3. The lowest BCUT2D eigenvalue weighted by atomic mass is 9.82. The minimum Gasteiger partial charge on any atom is -0.479 e. The largest absolute Gasteiger partial charge is 0.479 e. The third kappa shape index (κ3) is 2.46. The van der Waals surface area contributed by atoms with E-state index in [4.69, 9.17) is 0 Å². The van der Waals surface area contributed by atoms with E-state index in [-0.39, 0.29) is 5.75 Å². The van der Waals surface area contributed by atoms with Gasteiger partial charge in [0.1, 0.15) is 0 Å². The van der Waals surface area contributed by atoms with E-state index in [0.717, 1.165) is 27.1 Å². The van der Waals surface area contributed by atoms with Crippen LogP contribution in [0.3, 0.4) is 0 Å². The molecule has 0 radical (unpaired) electrons. The first-order valence-electron chi connectivity index (χ1n) is 9.11. The fourth-order valence-corrected chi connectivity index (χ4v) is 4.72. The molecule has 1 atom stereocenters. The van der Waals surface area contributed by atoms with Crippen LogP contribution in [0.2, 0.25) is 0 Å². The lowest BCUT2D eigenvalue weighted by molar-refractivity contribution is -0.146. The second kappa shape index (κ2) is 6.38. The highest BCUT2D eigenvalue weighted by atomic mass is 32.1. The van der Waals surface area contributed by atoms with Crippen LogP contribution in [0.5, 0.6) is 0 Å². The predicted octanol–water partition coefficient (Wildman–Crippen LogP) is 4.55. The molecular weight excluding hydrogens is 370 g/mol. The first kappa shape index (κ1) is 18.6. The van der Waals surface area contributed by atoms with Crippen LogP contribution in [0.1, 0.15) is 23.6 Å². The van der Waals surface area contributed by atoms with Gasteiger partial charge in [-0.15, -0.1) is 0 Å². The zero-order chi connectivity index (χ0) is 20.2. The summed E-state index contributed by atoms with van der Waals surface area (Å²) in [6, 6.07) is 14.3. The second-order valence-electron chi connectivity index (χ2n) is 7.40. The molecule has 142 valence electrons. The Labute approximate surface area is 168 Å². The maximum Gasteiger partial charge on any atom is 0.335 e. The van der Waals surface area contributed by atoms with E-state index in [1.54, 1.807) is 0 Å². The Morgan fingerprint density at radius 2 is 1.61 bits per heavy atom. The Balaban J connectivity index is 2.16. The first-order valence-corrected chi connectivity index (χ1v) is 9.74. The SMILES string of the molecule is CC(=O)N[C@@](CS)(C(=O)O)c1cc2ccc3ccc(C)c4ccc(c1C)c2c34. The van der Waals surface area contributed by atoms with Crippen molar-refractivity contribution in [2.24, 2.45) is 0 Å². The van der Waals surface area contributed by atoms with Crippen LogP contribution in [0.15, 0.2) is 42.5 Å². The molecule has 2 N–H and O–H groups in total. The maximum absolute atomic E-state index is 12.3. The topological polar surface area (TPSA) is 66.4 Å². The van der Waals surface area contributed by atoms with Crippen molar-refractivity contribution >= 4 is 56.8 Å². The lowest BCUT2D eigenvalue weighted by Crippen LogP contribution is -2.53. The summed E-state index contributed by atoms with van der Waals surface area (Å²) in [7, 11) is 0. The van der Waals surface area contributed by atoms with E-state index in [9.17, 15) is 14.7 Å². The van der Waals surface area contributed by atoms with Gasteiger partial charge in [-0.1, -0.05) is 36.4 Å². The van der Waals surface area contributed by atoms with Gasteiger partial charge < -0.3 is 10.4 Å². The number of benzene rings is 4. The summed E-state index contributed by atoms with van der Waals surface area (Å²) >= 11 is 4.30. The molecule has 4 rings (SSSR count). The molecule has 4 nitrogen and oxygen atoms in total. The van der Waals surface area contributed by atoms with E-state index in [1.165, 1.54) is 23.3 Å². The van der Waals surface area contributed by atoms with Crippen molar-refractivity contribution in [1.29, 1.82) is 0 Å². The van der Waals surface area contributed by atoms with Gasteiger partial charge in [0.2, 0.25) is 5.91 Å². The molecule has 4 aromatic rings.